The van der Waals surface area contributed by atoms with Crippen LogP contribution in [0.2, 0.25) is 0 Å². The lowest BCUT2D eigenvalue weighted by Gasteiger charge is -2.07. The highest BCUT2D eigenvalue weighted by atomic mass is 79.9. The van der Waals surface area contributed by atoms with Crippen molar-refractivity contribution >= 4 is 21.6 Å². The number of hydrogen-bond donors (Lipinski definition) is 1. The Balaban J connectivity index is 2.04. The van der Waals surface area contributed by atoms with Gasteiger partial charge in [-0.15, -0.1) is 0 Å². The van der Waals surface area contributed by atoms with Crippen molar-refractivity contribution in [2.75, 3.05) is 5.32 Å². The van der Waals surface area contributed by atoms with E-state index >= 15 is 0 Å². The predicted molar refractivity (Wildman–Crippen MR) is 69.9 cm³/mol. The van der Waals surface area contributed by atoms with Crippen LogP contribution in [0, 0.1) is 6.92 Å². The van der Waals surface area contributed by atoms with Crippen molar-refractivity contribution in [3.63, 3.8) is 0 Å². The van der Waals surface area contributed by atoms with E-state index in [1.54, 1.807) is 12.5 Å². The van der Waals surface area contributed by atoms with Gasteiger partial charge in [-0.3, -0.25) is 4.98 Å². The molecule has 0 spiro atoms. The second kappa shape index (κ2) is 5.31. The van der Waals surface area contributed by atoms with Crippen molar-refractivity contribution in [1.82, 2.24) is 9.97 Å². The lowest BCUT2D eigenvalue weighted by Crippen LogP contribution is -2.01. The minimum atomic E-state index is 0.644. The molecule has 0 aliphatic rings. The number of halogens is 1. The first-order valence-corrected chi connectivity index (χ1v) is 6.28. The maximum atomic E-state index is 5.28. The van der Waals surface area contributed by atoms with Crippen LogP contribution in [0.15, 0.2) is 27.4 Å². The summed E-state index contributed by atoms with van der Waals surface area (Å²) in [7, 11) is 0. The molecule has 2 heterocycles. The molecular weight excluding hydrogens is 282 g/mol. The quantitative estimate of drug-likeness (QED) is 0.940. The summed E-state index contributed by atoms with van der Waals surface area (Å²) in [5.74, 6) is 0.770. The number of aromatic nitrogens is 2. The smallest absolute Gasteiger partial charge is 0.193 e. The van der Waals surface area contributed by atoms with Gasteiger partial charge in [0, 0.05) is 12.6 Å². The Morgan fingerprint density at radius 1 is 1.47 bits per heavy atom. The van der Waals surface area contributed by atoms with Crippen LogP contribution in [0.1, 0.15) is 24.2 Å². The third kappa shape index (κ3) is 2.85. The molecule has 0 radical (unpaired) electrons. The van der Waals surface area contributed by atoms with E-state index in [0.717, 1.165) is 33.9 Å². The second-order valence-corrected chi connectivity index (χ2v) is 4.49. The molecule has 0 aromatic carbocycles. The summed E-state index contributed by atoms with van der Waals surface area (Å²) in [6.45, 7) is 4.62. The topological polar surface area (TPSA) is 51.0 Å². The van der Waals surface area contributed by atoms with Crippen LogP contribution in [0.25, 0.3) is 0 Å². The van der Waals surface area contributed by atoms with Gasteiger partial charge in [0.05, 0.1) is 28.1 Å². The van der Waals surface area contributed by atoms with Gasteiger partial charge in [0.2, 0.25) is 0 Å². The number of nitrogens with zero attached hydrogens (tertiary/aromatic N) is 2. The minimum Gasteiger partial charge on any atom is -0.449 e. The molecule has 0 aliphatic carbocycles. The van der Waals surface area contributed by atoms with Crippen LogP contribution in [0.4, 0.5) is 5.69 Å². The normalized spacial score (nSPS) is 10.5. The third-order valence-electron chi connectivity index (χ3n) is 2.43. The van der Waals surface area contributed by atoms with E-state index in [2.05, 4.69) is 31.2 Å². The fraction of sp³-hybridized carbons (Fsp3) is 0.333. The molecule has 0 atom stereocenters. The summed E-state index contributed by atoms with van der Waals surface area (Å²) in [6.07, 6.45) is 4.29. The Labute approximate surface area is 109 Å². The second-order valence-electron chi connectivity index (χ2n) is 3.70. The predicted octanol–water partition coefficient (Wildman–Crippen LogP) is 3.32. The van der Waals surface area contributed by atoms with Gasteiger partial charge in [-0.1, -0.05) is 6.92 Å². The first-order valence-electron chi connectivity index (χ1n) is 5.49. The van der Waals surface area contributed by atoms with E-state index in [-0.39, 0.29) is 0 Å². The van der Waals surface area contributed by atoms with E-state index in [4.69, 9.17) is 4.42 Å². The molecular formula is C12H14BrN3O. The van der Waals surface area contributed by atoms with Crippen LogP contribution >= 0.6 is 15.9 Å². The van der Waals surface area contributed by atoms with Crippen molar-refractivity contribution < 1.29 is 4.42 Å². The van der Waals surface area contributed by atoms with Crippen LogP contribution in [0.5, 0.6) is 0 Å². The molecule has 2 aromatic rings. The Kier molecular flexibility index (Phi) is 3.78. The molecule has 0 unspecified atom stereocenters. The standard InChI is InChI=1S/C12H14BrN3O/c1-3-11-16-9(7-17-11)6-15-10-4-5-14-8(2)12(10)13/h4-5,7H,3,6H2,1-2H3,(H,14,15). The Hall–Kier alpha value is -1.36. The van der Waals surface area contributed by atoms with Gasteiger partial charge in [0.25, 0.3) is 0 Å². The van der Waals surface area contributed by atoms with Gasteiger partial charge in [-0.25, -0.2) is 4.98 Å². The number of oxazole rings is 1. The van der Waals surface area contributed by atoms with Crippen LogP contribution in [-0.2, 0) is 13.0 Å². The number of nitrogens with one attached hydrogen (secondary N) is 1. The molecule has 0 amide bonds. The summed E-state index contributed by atoms with van der Waals surface area (Å²) < 4.78 is 6.27. The molecule has 0 bridgehead atoms. The molecule has 4 nitrogen and oxygen atoms in total. The molecule has 0 aliphatic heterocycles. The molecule has 5 heteroatoms. The zero-order valence-electron chi connectivity index (χ0n) is 9.83. The number of hydrogen-bond acceptors (Lipinski definition) is 4. The van der Waals surface area contributed by atoms with Crippen molar-refractivity contribution in [3.05, 3.63) is 40.3 Å². The molecule has 0 saturated carbocycles. The fourth-order valence-corrected chi connectivity index (χ4v) is 1.84. The highest BCUT2D eigenvalue weighted by Crippen LogP contribution is 2.24. The summed E-state index contributed by atoms with van der Waals surface area (Å²) in [5.41, 5.74) is 2.88. The third-order valence-corrected chi connectivity index (χ3v) is 3.43. The van der Waals surface area contributed by atoms with E-state index in [0.29, 0.717) is 6.54 Å². The van der Waals surface area contributed by atoms with Crippen molar-refractivity contribution in [3.8, 4) is 0 Å². The lowest BCUT2D eigenvalue weighted by atomic mass is 10.3. The molecule has 90 valence electrons. The molecule has 0 saturated heterocycles. The number of rotatable bonds is 4. The summed E-state index contributed by atoms with van der Waals surface area (Å²) in [6, 6.07) is 1.93. The van der Waals surface area contributed by atoms with Crippen molar-refractivity contribution in [1.29, 1.82) is 0 Å². The largest absolute Gasteiger partial charge is 0.449 e. The van der Waals surface area contributed by atoms with Crippen molar-refractivity contribution in [2.45, 2.75) is 26.8 Å². The Morgan fingerprint density at radius 3 is 3.00 bits per heavy atom. The number of aryl methyl sites for hydroxylation is 2. The highest BCUT2D eigenvalue weighted by molar-refractivity contribution is 9.10. The van der Waals surface area contributed by atoms with E-state index < -0.39 is 0 Å². The summed E-state index contributed by atoms with van der Waals surface area (Å²) in [4.78, 5) is 8.53. The summed E-state index contributed by atoms with van der Waals surface area (Å²) >= 11 is 3.50. The zero-order chi connectivity index (χ0) is 12.3. The van der Waals surface area contributed by atoms with Gasteiger partial charge >= 0.3 is 0 Å². The monoisotopic (exact) mass is 295 g/mol. The molecule has 1 N–H and O–H groups in total. The van der Waals surface area contributed by atoms with Crippen LogP contribution < -0.4 is 5.32 Å². The van der Waals surface area contributed by atoms with Crippen LogP contribution in [-0.4, -0.2) is 9.97 Å². The number of pyridine rings is 1. The lowest BCUT2D eigenvalue weighted by molar-refractivity contribution is 0.501. The zero-order valence-corrected chi connectivity index (χ0v) is 11.4. The fourth-order valence-electron chi connectivity index (χ4n) is 1.46. The minimum absolute atomic E-state index is 0.644. The Bertz CT molecular complexity index is 510. The first kappa shape index (κ1) is 12.1. The van der Waals surface area contributed by atoms with E-state index in [1.807, 2.05) is 19.9 Å². The van der Waals surface area contributed by atoms with Crippen LogP contribution in [0.3, 0.4) is 0 Å². The number of anilines is 1. The molecule has 17 heavy (non-hydrogen) atoms. The van der Waals surface area contributed by atoms with Crippen molar-refractivity contribution in [2.24, 2.45) is 0 Å². The maximum absolute atomic E-state index is 5.28. The average molecular weight is 296 g/mol. The maximum Gasteiger partial charge on any atom is 0.193 e. The molecule has 2 aromatic heterocycles. The van der Waals surface area contributed by atoms with Gasteiger partial charge < -0.3 is 9.73 Å². The SMILES string of the molecule is CCc1nc(CNc2ccnc(C)c2Br)co1. The molecule has 2 rings (SSSR count). The van der Waals surface area contributed by atoms with E-state index in [1.165, 1.54) is 0 Å². The Morgan fingerprint density at radius 2 is 2.29 bits per heavy atom. The van der Waals surface area contributed by atoms with Gasteiger partial charge in [-0.2, -0.15) is 0 Å². The molecule has 0 fully saturated rings. The van der Waals surface area contributed by atoms with Gasteiger partial charge in [0.1, 0.15) is 6.26 Å². The van der Waals surface area contributed by atoms with Gasteiger partial charge in [-0.05, 0) is 28.9 Å². The summed E-state index contributed by atoms with van der Waals surface area (Å²) in [5, 5.41) is 3.30. The first-order chi connectivity index (χ1) is 8.20. The highest BCUT2D eigenvalue weighted by Gasteiger charge is 2.05. The van der Waals surface area contributed by atoms with Gasteiger partial charge in [0.15, 0.2) is 5.89 Å². The average Bonchev–Trinajstić information content (AvgIpc) is 2.79. The van der Waals surface area contributed by atoms with E-state index in [9.17, 15) is 0 Å².